The number of pyridine rings is 1. The molecular weight excluding hydrogens is 259 g/mol. The summed E-state index contributed by atoms with van der Waals surface area (Å²) in [5.74, 6) is -0.568. The fourth-order valence-electron chi connectivity index (χ4n) is 1.63. The number of aromatic nitrogens is 1. The first kappa shape index (κ1) is 13.3. The predicted molar refractivity (Wildman–Crippen MR) is 62.7 cm³/mol. The fraction of sp³-hybridized carbons (Fsp3) is 0.231. The quantitative estimate of drug-likeness (QED) is 0.784. The topological polar surface area (TPSA) is 39.2 Å². The van der Waals surface area contributed by atoms with Crippen molar-refractivity contribution in [3.8, 4) is 0 Å². The highest BCUT2D eigenvalue weighted by Gasteiger charge is 2.31. The number of rotatable bonds is 2. The molecule has 2 aromatic rings. The van der Waals surface area contributed by atoms with Gasteiger partial charge in [-0.3, -0.25) is 4.98 Å². The number of fused-ring (bicyclic) bond motifs is 1. The number of halogens is 3. The van der Waals surface area contributed by atoms with Crippen LogP contribution in [-0.2, 0) is 10.9 Å². The van der Waals surface area contributed by atoms with Crippen LogP contribution in [0.15, 0.2) is 30.5 Å². The standard InChI is InChI=1S/C13H10F3NO2/c1-2-19-12(18)8-3-4-11-9(5-8)6-10(7-17-11)13(14,15)16/h3-7H,2H2,1H3. The van der Waals surface area contributed by atoms with E-state index in [1.165, 1.54) is 18.2 Å². The van der Waals surface area contributed by atoms with Crippen LogP contribution in [0.2, 0.25) is 0 Å². The van der Waals surface area contributed by atoms with Gasteiger partial charge in [-0.15, -0.1) is 0 Å². The molecule has 1 aromatic carbocycles. The molecule has 0 saturated heterocycles. The van der Waals surface area contributed by atoms with E-state index in [1.807, 2.05) is 0 Å². The molecule has 0 aliphatic heterocycles. The van der Waals surface area contributed by atoms with Gasteiger partial charge >= 0.3 is 12.1 Å². The smallest absolute Gasteiger partial charge is 0.417 e. The molecule has 0 aliphatic rings. The van der Waals surface area contributed by atoms with E-state index in [1.54, 1.807) is 6.92 Å². The van der Waals surface area contributed by atoms with E-state index in [4.69, 9.17) is 4.74 Å². The van der Waals surface area contributed by atoms with Gasteiger partial charge in [-0.2, -0.15) is 13.2 Å². The number of alkyl halides is 3. The summed E-state index contributed by atoms with van der Waals surface area (Å²) in [7, 11) is 0. The average molecular weight is 269 g/mol. The third kappa shape index (κ3) is 2.83. The summed E-state index contributed by atoms with van der Waals surface area (Å²) >= 11 is 0. The molecule has 19 heavy (non-hydrogen) atoms. The summed E-state index contributed by atoms with van der Waals surface area (Å²) in [6, 6.07) is 5.27. The minimum atomic E-state index is -4.46. The van der Waals surface area contributed by atoms with E-state index in [-0.39, 0.29) is 17.6 Å². The first-order valence-electron chi connectivity index (χ1n) is 5.56. The van der Waals surface area contributed by atoms with Gasteiger partial charge in [0.15, 0.2) is 0 Å². The molecule has 1 heterocycles. The minimum absolute atomic E-state index is 0.204. The van der Waals surface area contributed by atoms with Gasteiger partial charge in [0.05, 0.1) is 23.3 Å². The monoisotopic (exact) mass is 269 g/mol. The summed E-state index contributed by atoms with van der Waals surface area (Å²) in [5, 5.41) is 0.250. The van der Waals surface area contributed by atoms with Crippen LogP contribution in [0.4, 0.5) is 13.2 Å². The third-order valence-electron chi connectivity index (χ3n) is 2.52. The fourth-order valence-corrected chi connectivity index (χ4v) is 1.63. The summed E-state index contributed by atoms with van der Waals surface area (Å²) in [6.07, 6.45) is -3.69. The van der Waals surface area contributed by atoms with Gasteiger partial charge in [-0.05, 0) is 31.2 Å². The largest absolute Gasteiger partial charge is 0.462 e. The van der Waals surface area contributed by atoms with Gasteiger partial charge in [-0.1, -0.05) is 0 Å². The summed E-state index contributed by atoms with van der Waals surface area (Å²) < 4.78 is 42.5. The van der Waals surface area contributed by atoms with Crippen molar-refractivity contribution in [2.24, 2.45) is 0 Å². The Hall–Kier alpha value is -2.11. The molecule has 3 nitrogen and oxygen atoms in total. The maximum absolute atomic E-state index is 12.6. The van der Waals surface area contributed by atoms with Crippen molar-refractivity contribution in [3.05, 3.63) is 41.6 Å². The molecule has 0 spiro atoms. The number of hydrogen-bond acceptors (Lipinski definition) is 3. The highest BCUT2D eigenvalue weighted by Crippen LogP contribution is 2.30. The normalized spacial score (nSPS) is 11.6. The molecule has 0 radical (unpaired) electrons. The Morgan fingerprint density at radius 1 is 1.32 bits per heavy atom. The van der Waals surface area contributed by atoms with Crippen LogP contribution >= 0.6 is 0 Å². The van der Waals surface area contributed by atoms with Crippen molar-refractivity contribution < 1.29 is 22.7 Å². The van der Waals surface area contributed by atoms with Crippen molar-refractivity contribution in [3.63, 3.8) is 0 Å². The number of nitrogens with zero attached hydrogens (tertiary/aromatic N) is 1. The molecule has 0 fully saturated rings. The van der Waals surface area contributed by atoms with E-state index in [0.29, 0.717) is 5.52 Å². The van der Waals surface area contributed by atoms with Crippen molar-refractivity contribution in [2.45, 2.75) is 13.1 Å². The van der Waals surface area contributed by atoms with Crippen LogP contribution in [0.1, 0.15) is 22.8 Å². The average Bonchev–Trinajstić information content (AvgIpc) is 2.36. The molecule has 0 amide bonds. The van der Waals surface area contributed by atoms with E-state index < -0.39 is 17.7 Å². The van der Waals surface area contributed by atoms with Crippen LogP contribution in [0.25, 0.3) is 10.9 Å². The first-order valence-corrected chi connectivity index (χ1v) is 5.56. The lowest BCUT2D eigenvalue weighted by atomic mass is 10.1. The van der Waals surface area contributed by atoms with E-state index >= 15 is 0 Å². The summed E-state index contributed by atoms with van der Waals surface area (Å²) in [6.45, 7) is 1.86. The zero-order valence-corrected chi connectivity index (χ0v) is 9.99. The summed E-state index contributed by atoms with van der Waals surface area (Å²) in [4.78, 5) is 15.2. The molecule has 2 rings (SSSR count). The summed E-state index contributed by atoms with van der Waals surface area (Å²) in [5.41, 5.74) is -0.252. The van der Waals surface area contributed by atoms with Crippen molar-refractivity contribution >= 4 is 16.9 Å². The van der Waals surface area contributed by atoms with Gasteiger partial charge in [0, 0.05) is 11.6 Å². The van der Waals surface area contributed by atoms with E-state index in [2.05, 4.69) is 4.98 Å². The molecule has 100 valence electrons. The lowest BCUT2D eigenvalue weighted by molar-refractivity contribution is -0.137. The number of hydrogen-bond donors (Lipinski definition) is 0. The maximum atomic E-state index is 12.6. The highest BCUT2D eigenvalue weighted by molar-refractivity contribution is 5.94. The zero-order valence-electron chi connectivity index (χ0n) is 9.99. The van der Waals surface area contributed by atoms with Crippen molar-refractivity contribution in [1.29, 1.82) is 0 Å². The Kier molecular flexibility index (Phi) is 3.42. The second kappa shape index (κ2) is 4.87. The molecule has 0 atom stereocenters. The Balaban J connectivity index is 2.48. The van der Waals surface area contributed by atoms with Gasteiger partial charge < -0.3 is 4.74 Å². The Morgan fingerprint density at radius 2 is 2.05 bits per heavy atom. The van der Waals surface area contributed by atoms with Crippen LogP contribution < -0.4 is 0 Å². The number of carbonyl (C=O) groups excluding carboxylic acids is 1. The van der Waals surface area contributed by atoms with Gasteiger partial charge in [0.25, 0.3) is 0 Å². The predicted octanol–water partition coefficient (Wildman–Crippen LogP) is 3.43. The molecule has 6 heteroatoms. The van der Waals surface area contributed by atoms with Gasteiger partial charge in [-0.25, -0.2) is 4.79 Å². The lowest BCUT2D eigenvalue weighted by Gasteiger charge is -2.08. The molecule has 0 aliphatic carbocycles. The van der Waals surface area contributed by atoms with Crippen LogP contribution in [0.3, 0.4) is 0 Å². The van der Waals surface area contributed by atoms with Crippen LogP contribution in [0, 0.1) is 0 Å². The first-order chi connectivity index (χ1) is 8.91. The van der Waals surface area contributed by atoms with Gasteiger partial charge in [0.2, 0.25) is 0 Å². The van der Waals surface area contributed by atoms with Crippen molar-refractivity contribution in [2.75, 3.05) is 6.61 Å². The second-order valence-electron chi connectivity index (χ2n) is 3.85. The molecule has 1 aromatic heterocycles. The van der Waals surface area contributed by atoms with E-state index in [0.717, 1.165) is 12.3 Å². The lowest BCUT2D eigenvalue weighted by Crippen LogP contribution is -2.06. The van der Waals surface area contributed by atoms with Crippen molar-refractivity contribution in [1.82, 2.24) is 4.98 Å². The Morgan fingerprint density at radius 3 is 2.68 bits per heavy atom. The highest BCUT2D eigenvalue weighted by atomic mass is 19.4. The van der Waals surface area contributed by atoms with Crippen LogP contribution in [0.5, 0.6) is 0 Å². The number of esters is 1. The zero-order chi connectivity index (χ0) is 14.0. The number of carbonyl (C=O) groups is 1. The third-order valence-corrected chi connectivity index (χ3v) is 2.52. The Labute approximate surface area is 107 Å². The van der Waals surface area contributed by atoms with E-state index in [9.17, 15) is 18.0 Å². The number of benzene rings is 1. The Bertz CT molecular complexity index is 623. The van der Waals surface area contributed by atoms with Crippen LogP contribution in [-0.4, -0.2) is 17.6 Å². The molecule has 0 saturated carbocycles. The minimum Gasteiger partial charge on any atom is -0.462 e. The maximum Gasteiger partial charge on any atom is 0.417 e. The molecule has 0 N–H and O–H groups in total. The second-order valence-corrected chi connectivity index (χ2v) is 3.85. The molecule has 0 bridgehead atoms. The SMILES string of the molecule is CCOC(=O)c1ccc2ncc(C(F)(F)F)cc2c1. The molecule has 0 unspecified atom stereocenters. The molecular formula is C13H10F3NO2. The van der Waals surface area contributed by atoms with Gasteiger partial charge in [0.1, 0.15) is 0 Å². The number of ether oxygens (including phenoxy) is 1.